The Kier molecular flexibility index (Phi) is 3.36. The quantitative estimate of drug-likeness (QED) is 0.800. The fraction of sp³-hybridized carbons (Fsp3) is 0.455. The number of imidazole rings is 1. The van der Waals surface area contributed by atoms with Gasteiger partial charge >= 0.3 is 0 Å². The van der Waals surface area contributed by atoms with Crippen LogP contribution >= 0.6 is 0 Å². The fourth-order valence-electron chi connectivity index (χ4n) is 1.73. The molecular weight excluding hydrogens is 202 g/mol. The van der Waals surface area contributed by atoms with Gasteiger partial charge in [0.15, 0.2) is 0 Å². The minimum Gasteiger partial charge on any atom is -0.333 e. The summed E-state index contributed by atoms with van der Waals surface area (Å²) in [5.74, 6) is 0. The predicted octanol–water partition coefficient (Wildman–Crippen LogP) is 0.579. The van der Waals surface area contributed by atoms with Gasteiger partial charge in [0.1, 0.15) is 0 Å². The third-order valence-corrected chi connectivity index (χ3v) is 2.56. The molecule has 0 amide bonds. The first-order valence-corrected chi connectivity index (χ1v) is 5.40. The molecule has 2 heterocycles. The zero-order chi connectivity index (χ0) is 11.4. The van der Waals surface area contributed by atoms with Crippen molar-refractivity contribution in [2.24, 2.45) is 7.05 Å². The number of hydrogen-bond acceptors (Lipinski definition) is 3. The molecular formula is C11H17N5. The van der Waals surface area contributed by atoms with Gasteiger partial charge in [0.25, 0.3) is 0 Å². The van der Waals surface area contributed by atoms with Crippen LogP contribution in [0.2, 0.25) is 0 Å². The van der Waals surface area contributed by atoms with Crippen LogP contribution in [0.4, 0.5) is 0 Å². The van der Waals surface area contributed by atoms with Gasteiger partial charge in [-0.2, -0.15) is 5.10 Å². The first-order valence-electron chi connectivity index (χ1n) is 5.40. The molecule has 2 aromatic rings. The van der Waals surface area contributed by atoms with Crippen molar-refractivity contribution in [1.82, 2.24) is 24.6 Å². The highest BCUT2D eigenvalue weighted by Crippen LogP contribution is 2.03. The maximum Gasteiger partial charge on any atom is 0.0948 e. The van der Waals surface area contributed by atoms with Crippen molar-refractivity contribution in [3.8, 4) is 0 Å². The molecule has 0 radical (unpaired) electrons. The molecule has 0 aromatic carbocycles. The number of hydrogen-bond donors (Lipinski definition) is 1. The molecule has 86 valence electrons. The summed E-state index contributed by atoms with van der Waals surface area (Å²) in [5.41, 5.74) is 2.47. The Morgan fingerprint density at radius 2 is 2.25 bits per heavy atom. The molecule has 5 nitrogen and oxygen atoms in total. The molecule has 16 heavy (non-hydrogen) atoms. The van der Waals surface area contributed by atoms with E-state index in [1.54, 1.807) is 0 Å². The molecule has 0 fully saturated rings. The van der Waals surface area contributed by atoms with Crippen molar-refractivity contribution >= 4 is 0 Å². The summed E-state index contributed by atoms with van der Waals surface area (Å²) in [4.78, 5) is 4.16. The summed E-state index contributed by atoms with van der Waals surface area (Å²) in [6.07, 6.45) is 8.73. The van der Waals surface area contributed by atoms with Crippen molar-refractivity contribution < 1.29 is 0 Å². The van der Waals surface area contributed by atoms with E-state index in [2.05, 4.69) is 26.2 Å². The van der Waals surface area contributed by atoms with E-state index < -0.39 is 0 Å². The Balaban J connectivity index is 1.96. The number of aryl methyl sites for hydroxylation is 3. The standard InChI is InChI=1S/C11H17N5/c1-12-6-11-7-13-9-16(11)4-3-10-5-14-15(2)8-10/h5,7-9,12H,3-4,6H2,1-2H3. The SMILES string of the molecule is CNCc1cncn1CCc1cnn(C)c1. The highest BCUT2D eigenvalue weighted by molar-refractivity contribution is 5.05. The molecule has 0 atom stereocenters. The van der Waals surface area contributed by atoms with E-state index in [4.69, 9.17) is 0 Å². The molecule has 2 rings (SSSR count). The normalized spacial score (nSPS) is 10.9. The number of aromatic nitrogens is 4. The predicted molar refractivity (Wildman–Crippen MR) is 61.9 cm³/mol. The van der Waals surface area contributed by atoms with E-state index in [-0.39, 0.29) is 0 Å². The van der Waals surface area contributed by atoms with Crippen LogP contribution in [0.25, 0.3) is 0 Å². The first-order chi connectivity index (χ1) is 7.79. The average molecular weight is 219 g/mol. The molecule has 0 unspecified atom stereocenters. The minimum atomic E-state index is 0.854. The smallest absolute Gasteiger partial charge is 0.0948 e. The van der Waals surface area contributed by atoms with Crippen molar-refractivity contribution in [2.45, 2.75) is 19.5 Å². The Labute approximate surface area is 95.1 Å². The van der Waals surface area contributed by atoms with Gasteiger partial charge in [-0.3, -0.25) is 4.68 Å². The third kappa shape index (κ3) is 2.49. The van der Waals surface area contributed by atoms with Crippen molar-refractivity contribution in [3.63, 3.8) is 0 Å². The topological polar surface area (TPSA) is 47.7 Å². The summed E-state index contributed by atoms with van der Waals surface area (Å²) >= 11 is 0. The van der Waals surface area contributed by atoms with E-state index in [0.717, 1.165) is 19.5 Å². The van der Waals surface area contributed by atoms with Crippen LogP contribution < -0.4 is 5.32 Å². The zero-order valence-corrected chi connectivity index (χ0v) is 9.72. The van der Waals surface area contributed by atoms with Gasteiger partial charge in [0, 0.05) is 32.5 Å². The van der Waals surface area contributed by atoms with Crippen LogP contribution in [-0.2, 0) is 26.6 Å². The molecule has 0 aliphatic rings. The van der Waals surface area contributed by atoms with Gasteiger partial charge in [0.05, 0.1) is 18.2 Å². The second kappa shape index (κ2) is 4.94. The zero-order valence-electron chi connectivity index (χ0n) is 9.72. The van der Waals surface area contributed by atoms with Crippen molar-refractivity contribution in [2.75, 3.05) is 7.05 Å². The summed E-state index contributed by atoms with van der Waals surface area (Å²) in [6, 6.07) is 0. The lowest BCUT2D eigenvalue weighted by atomic mass is 10.2. The van der Waals surface area contributed by atoms with E-state index in [1.807, 2.05) is 37.5 Å². The van der Waals surface area contributed by atoms with E-state index in [9.17, 15) is 0 Å². The lowest BCUT2D eigenvalue weighted by molar-refractivity contribution is 0.637. The maximum atomic E-state index is 4.16. The van der Waals surface area contributed by atoms with Crippen LogP contribution in [0.3, 0.4) is 0 Å². The number of rotatable bonds is 5. The van der Waals surface area contributed by atoms with Crippen molar-refractivity contribution in [3.05, 3.63) is 36.2 Å². The molecule has 0 saturated heterocycles. The summed E-state index contributed by atoms with van der Waals surface area (Å²) in [6.45, 7) is 1.80. The highest BCUT2D eigenvalue weighted by atomic mass is 15.2. The summed E-state index contributed by atoms with van der Waals surface area (Å²) in [7, 11) is 3.88. The minimum absolute atomic E-state index is 0.854. The Morgan fingerprint density at radius 3 is 2.94 bits per heavy atom. The molecule has 0 aliphatic carbocycles. The number of nitrogens with zero attached hydrogens (tertiary/aromatic N) is 4. The van der Waals surface area contributed by atoms with Gasteiger partial charge in [0.2, 0.25) is 0 Å². The van der Waals surface area contributed by atoms with Gasteiger partial charge in [-0.05, 0) is 19.0 Å². The largest absolute Gasteiger partial charge is 0.333 e. The second-order valence-corrected chi connectivity index (χ2v) is 3.88. The highest BCUT2D eigenvalue weighted by Gasteiger charge is 2.02. The Bertz CT molecular complexity index is 443. The molecule has 0 bridgehead atoms. The van der Waals surface area contributed by atoms with E-state index in [1.165, 1.54) is 11.3 Å². The van der Waals surface area contributed by atoms with Gasteiger partial charge in [-0.15, -0.1) is 0 Å². The maximum absolute atomic E-state index is 4.16. The summed E-state index contributed by atoms with van der Waals surface area (Å²) < 4.78 is 4.00. The third-order valence-electron chi connectivity index (χ3n) is 2.56. The number of nitrogens with one attached hydrogen (secondary N) is 1. The Hall–Kier alpha value is -1.62. The van der Waals surface area contributed by atoms with E-state index >= 15 is 0 Å². The molecule has 2 aromatic heterocycles. The molecule has 0 saturated carbocycles. The van der Waals surface area contributed by atoms with Gasteiger partial charge in [-0.1, -0.05) is 0 Å². The van der Waals surface area contributed by atoms with Crippen LogP contribution in [0.15, 0.2) is 24.9 Å². The van der Waals surface area contributed by atoms with Crippen LogP contribution in [0, 0.1) is 0 Å². The lowest BCUT2D eigenvalue weighted by Crippen LogP contribution is -2.11. The average Bonchev–Trinajstić information content (AvgIpc) is 2.85. The van der Waals surface area contributed by atoms with Crippen LogP contribution in [0.1, 0.15) is 11.3 Å². The monoisotopic (exact) mass is 219 g/mol. The Morgan fingerprint density at radius 1 is 1.38 bits per heavy atom. The van der Waals surface area contributed by atoms with E-state index in [0.29, 0.717) is 0 Å². The van der Waals surface area contributed by atoms with Crippen LogP contribution in [-0.4, -0.2) is 26.4 Å². The van der Waals surface area contributed by atoms with Gasteiger partial charge in [-0.25, -0.2) is 4.98 Å². The van der Waals surface area contributed by atoms with Crippen LogP contribution in [0.5, 0.6) is 0 Å². The molecule has 0 aliphatic heterocycles. The first kappa shape index (κ1) is 10.9. The van der Waals surface area contributed by atoms with Crippen molar-refractivity contribution in [1.29, 1.82) is 0 Å². The second-order valence-electron chi connectivity index (χ2n) is 3.88. The summed E-state index contributed by atoms with van der Waals surface area (Å²) in [5, 5.41) is 7.29. The van der Waals surface area contributed by atoms with Gasteiger partial charge < -0.3 is 9.88 Å². The lowest BCUT2D eigenvalue weighted by Gasteiger charge is -2.06. The molecule has 5 heteroatoms. The molecule has 1 N–H and O–H groups in total. The molecule has 0 spiro atoms. The fourth-order valence-corrected chi connectivity index (χ4v) is 1.73.